The van der Waals surface area contributed by atoms with Gasteiger partial charge in [0.2, 0.25) is 0 Å². The van der Waals surface area contributed by atoms with Gasteiger partial charge in [0.25, 0.3) is 5.82 Å². The summed E-state index contributed by atoms with van der Waals surface area (Å²) in [4.78, 5) is 15.1. The van der Waals surface area contributed by atoms with Gasteiger partial charge in [-0.2, -0.15) is 0 Å². The summed E-state index contributed by atoms with van der Waals surface area (Å²) < 4.78 is 0. The lowest BCUT2D eigenvalue weighted by atomic mass is 10.6. The fraction of sp³-hybridized carbons (Fsp3) is 0.400. The summed E-state index contributed by atoms with van der Waals surface area (Å²) in [5.74, 6) is 0.451. The zero-order chi connectivity index (χ0) is 9.30. The molecule has 12 heavy (non-hydrogen) atoms. The van der Waals surface area contributed by atoms with Gasteiger partial charge in [-0.1, -0.05) is 0 Å². The lowest BCUT2D eigenvalue weighted by molar-refractivity contribution is -0.384. The van der Waals surface area contributed by atoms with Crippen molar-refractivity contribution < 1.29 is 4.92 Å². The van der Waals surface area contributed by atoms with E-state index in [9.17, 15) is 10.1 Å². The van der Waals surface area contributed by atoms with Crippen molar-refractivity contribution in [2.45, 2.75) is 0 Å². The molecule has 1 heterocycles. The van der Waals surface area contributed by atoms with Gasteiger partial charge in [-0.05, 0) is 21.2 Å². The van der Waals surface area contributed by atoms with Crippen LogP contribution in [-0.4, -0.2) is 24.0 Å². The molecule has 1 aromatic rings. The summed E-state index contributed by atoms with van der Waals surface area (Å²) in [5.41, 5.74) is 5.49. The van der Waals surface area contributed by atoms with Crippen molar-refractivity contribution in [3.8, 4) is 0 Å². The fourth-order valence-electron chi connectivity index (χ4n) is 0.711. The van der Waals surface area contributed by atoms with E-state index in [1.165, 1.54) is 0 Å². The highest BCUT2D eigenvalue weighted by molar-refractivity contribution is 7.19. The third kappa shape index (κ3) is 1.45. The van der Waals surface area contributed by atoms with Crippen LogP contribution in [0.15, 0.2) is 0 Å². The maximum Gasteiger partial charge on any atom is 0.427 e. The minimum absolute atomic E-state index is 0.170. The molecule has 0 saturated carbocycles. The van der Waals surface area contributed by atoms with Crippen LogP contribution in [0.1, 0.15) is 0 Å². The Hall–Kier alpha value is -1.37. The van der Waals surface area contributed by atoms with Gasteiger partial charge >= 0.3 is 5.13 Å². The first kappa shape index (κ1) is 8.72. The predicted octanol–water partition coefficient (Wildman–Crippen LogP) is 0.699. The third-order valence-electron chi connectivity index (χ3n) is 1.20. The van der Waals surface area contributed by atoms with Crippen LogP contribution in [0.25, 0.3) is 0 Å². The van der Waals surface area contributed by atoms with Crippen molar-refractivity contribution in [2.24, 2.45) is 0 Å². The van der Waals surface area contributed by atoms with E-state index in [4.69, 9.17) is 5.73 Å². The van der Waals surface area contributed by atoms with Crippen molar-refractivity contribution >= 4 is 27.3 Å². The Morgan fingerprint density at radius 2 is 2.25 bits per heavy atom. The zero-order valence-corrected chi connectivity index (χ0v) is 7.46. The maximum atomic E-state index is 10.3. The summed E-state index contributed by atoms with van der Waals surface area (Å²) in [6.07, 6.45) is 0. The highest BCUT2D eigenvalue weighted by Crippen LogP contribution is 2.32. The quantitative estimate of drug-likeness (QED) is 0.545. The van der Waals surface area contributed by atoms with Gasteiger partial charge in [-0.3, -0.25) is 0 Å². The highest BCUT2D eigenvalue weighted by Gasteiger charge is 2.20. The Morgan fingerprint density at radius 3 is 2.50 bits per heavy atom. The average molecular weight is 188 g/mol. The molecule has 0 amide bonds. The van der Waals surface area contributed by atoms with Gasteiger partial charge in [0.15, 0.2) is 5.00 Å². The average Bonchev–Trinajstić information content (AvgIpc) is 2.30. The van der Waals surface area contributed by atoms with Crippen LogP contribution < -0.4 is 10.6 Å². The van der Waals surface area contributed by atoms with Crippen molar-refractivity contribution in [1.29, 1.82) is 0 Å². The number of nitrogens with zero attached hydrogens (tertiary/aromatic N) is 3. The minimum atomic E-state index is -0.548. The molecule has 6 nitrogen and oxygen atoms in total. The Kier molecular flexibility index (Phi) is 2.13. The van der Waals surface area contributed by atoms with E-state index >= 15 is 0 Å². The molecule has 0 aliphatic rings. The van der Waals surface area contributed by atoms with Gasteiger partial charge in [-0.15, -0.1) is 0 Å². The predicted molar refractivity (Wildman–Crippen MR) is 47.5 cm³/mol. The Morgan fingerprint density at radius 1 is 1.67 bits per heavy atom. The van der Waals surface area contributed by atoms with Crippen LogP contribution in [0, 0.1) is 10.1 Å². The first-order chi connectivity index (χ1) is 5.52. The molecule has 0 bridgehead atoms. The van der Waals surface area contributed by atoms with Crippen LogP contribution in [0.4, 0.5) is 16.0 Å². The van der Waals surface area contributed by atoms with Crippen LogP contribution >= 0.6 is 11.3 Å². The molecule has 0 aromatic carbocycles. The SMILES string of the molecule is CN(C)c1nc([N+](=O)[O-])sc1N. The van der Waals surface area contributed by atoms with E-state index in [0.29, 0.717) is 10.8 Å². The molecule has 0 spiro atoms. The van der Waals surface area contributed by atoms with Gasteiger partial charge in [0.05, 0.1) is 0 Å². The summed E-state index contributed by atoms with van der Waals surface area (Å²) in [6.45, 7) is 0. The molecule has 0 aliphatic heterocycles. The van der Waals surface area contributed by atoms with Crippen molar-refractivity contribution in [3.05, 3.63) is 10.1 Å². The number of hydrogen-bond donors (Lipinski definition) is 1. The maximum absolute atomic E-state index is 10.3. The summed E-state index contributed by atoms with van der Waals surface area (Å²) in [7, 11) is 3.46. The number of rotatable bonds is 2. The van der Waals surface area contributed by atoms with Gasteiger partial charge in [-0.25, -0.2) is 0 Å². The summed E-state index contributed by atoms with van der Waals surface area (Å²) in [5, 5.41) is 10.5. The third-order valence-corrected chi connectivity index (χ3v) is 2.03. The minimum Gasteiger partial charge on any atom is -0.385 e. The normalized spacial score (nSPS) is 9.83. The standard InChI is InChI=1S/C5H8N4O2S/c1-8(2)4-3(6)12-5(7-4)9(10)11/h6H2,1-2H3. The summed E-state index contributed by atoms with van der Waals surface area (Å²) in [6, 6.07) is 0. The number of aromatic nitrogens is 1. The van der Waals surface area contributed by atoms with E-state index in [1.807, 2.05) is 0 Å². The largest absolute Gasteiger partial charge is 0.427 e. The van der Waals surface area contributed by atoms with E-state index in [-0.39, 0.29) is 5.13 Å². The molecular weight excluding hydrogens is 180 g/mol. The zero-order valence-electron chi connectivity index (χ0n) is 6.64. The Balaban J connectivity index is 3.09. The molecule has 0 unspecified atom stereocenters. The number of thiazole rings is 1. The number of nitrogens with two attached hydrogens (primary N) is 1. The lowest BCUT2D eigenvalue weighted by Gasteiger charge is -2.02. The first-order valence-electron chi connectivity index (χ1n) is 3.10. The Bertz CT molecular complexity index is 308. The second kappa shape index (κ2) is 2.94. The second-order valence-corrected chi connectivity index (χ2v) is 3.34. The topological polar surface area (TPSA) is 85.3 Å². The molecule has 1 aromatic heterocycles. The summed E-state index contributed by atoms with van der Waals surface area (Å²) >= 11 is 0.877. The number of anilines is 2. The molecule has 0 fully saturated rings. The van der Waals surface area contributed by atoms with E-state index < -0.39 is 4.92 Å². The van der Waals surface area contributed by atoms with Gasteiger partial charge in [0.1, 0.15) is 0 Å². The van der Waals surface area contributed by atoms with Crippen molar-refractivity contribution in [2.75, 3.05) is 24.7 Å². The van der Waals surface area contributed by atoms with Crippen molar-refractivity contribution in [1.82, 2.24) is 4.98 Å². The van der Waals surface area contributed by atoms with Crippen LogP contribution in [0.2, 0.25) is 0 Å². The molecule has 0 aliphatic carbocycles. The highest BCUT2D eigenvalue weighted by atomic mass is 32.1. The molecule has 7 heteroatoms. The van der Waals surface area contributed by atoms with Crippen LogP contribution in [0.3, 0.4) is 0 Å². The smallest absolute Gasteiger partial charge is 0.385 e. The monoisotopic (exact) mass is 188 g/mol. The van der Waals surface area contributed by atoms with E-state index in [2.05, 4.69) is 4.98 Å². The fourth-order valence-corrected chi connectivity index (χ4v) is 1.43. The number of hydrogen-bond acceptors (Lipinski definition) is 6. The van der Waals surface area contributed by atoms with Gasteiger partial charge < -0.3 is 20.7 Å². The van der Waals surface area contributed by atoms with Crippen LogP contribution in [0.5, 0.6) is 0 Å². The number of nitrogen functional groups attached to an aromatic ring is 1. The molecule has 2 N–H and O–H groups in total. The lowest BCUT2D eigenvalue weighted by Crippen LogP contribution is -2.10. The molecule has 0 atom stereocenters. The number of nitro groups is 1. The second-order valence-electron chi connectivity index (χ2n) is 2.34. The molecule has 0 radical (unpaired) electrons. The first-order valence-corrected chi connectivity index (χ1v) is 3.92. The molecular formula is C5H8N4O2S. The van der Waals surface area contributed by atoms with E-state index in [0.717, 1.165) is 11.3 Å². The Labute approximate surface area is 72.8 Å². The molecule has 66 valence electrons. The molecule has 0 saturated heterocycles. The van der Waals surface area contributed by atoms with Crippen molar-refractivity contribution in [3.63, 3.8) is 0 Å². The van der Waals surface area contributed by atoms with Crippen LogP contribution in [-0.2, 0) is 0 Å². The van der Waals surface area contributed by atoms with E-state index in [1.54, 1.807) is 19.0 Å². The molecule has 1 rings (SSSR count). The van der Waals surface area contributed by atoms with Gasteiger partial charge in [0, 0.05) is 14.1 Å².